The van der Waals surface area contributed by atoms with Gasteiger partial charge in [0.1, 0.15) is 22.3 Å². The smallest absolute Gasteiger partial charge is 0.139 e. The van der Waals surface area contributed by atoms with Crippen molar-refractivity contribution in [1.29, 1.82) is 0 Å². The summed E-state index contributed by atoms with van der Waals surface area (Å²) in [5, 5.41) is 9.15. The standard InChI is InChI=1S/C54H32N2O2/c1-3-15-33(16-4-1)39-30-51-43(28-49(39)55-45-23-11-7-19-35(45)36-20-8-12-24-46(36)55)41-27-42-44-29-50(56-47-25-13-9-21-37(47)38-22-10-14-26-48(38)56)40(34-17-5-2-6-18-34)31-52(44)58-54(42)32-53(41)57-51/h1-32H. The Bertz CT molecular complexity index is 3430. The maximum Gasteiger partial charge on any atom is 0.139 e. The maximum atomic E-state index is 6.76. The second-order valence-corrected chi connectivity index (χ2v) is 15.3. The summed E-state index contributed by atoms with van der Waals surface area (Å²) >= 11 is 0. The van der Waals surface area contributed by atoms with E-state index in [1.807, 2.05) is 0 Å². The Morgan fingerprint density at radius 3 is 0.948 bits per heavy atom. The van der Waals surface area contributed by atoms with E-state index >= 15 is 0 Å². The van der Waals surface area contributed by atoms with Gasteiger partial charge in [-0.3, -0.25) is 0 Å². The van der Waals surface area contributed by atoms with E-state index in [9.17, 15) is 0 Å². The summed E-state index contributed by atoms with van der Waals surface area (Å²) < 4.78 is 18.4. The highest BCUT2D eigenvalue weighted by Crippen LogP contribution is 2.45. The fourth-order valence-electron chi connectivity index (χ4n) is 9.55. The van der Waals surface area contributed by atoms with Gasteiger partial charge in [-0.2, -0.15) is 0 Å². The summed E-state index contributed by atoms with van der Waals surface area (Å²) in [7, 11) is 0. The summed E-state index contributed by atoms with van der Waals surface area (Å²) in [4.78, 5) is 0. The molecule has 0 spiro atoms. The molecule has 0 aliphatic rings. The molecular formula is C54H32N2O2. The number of para-hydroxylation sites is 4. The third-order valence-electron chi connectivity index (χ3n) is 12.1. The van der Waals surface area contributed by atoms with Crippen LogP contribution in [-0.2, 0) is 0 Å². The third kappa shape index (κ3) is 4.40. The van der Waals surface area contributed by atoms with Crippen molar-refractivity contribution in [3.8, 4) is 33.6 Å². The molecule has 0 unspecified atom stereocenters. The van der Waals surface area contributed by atoms with Gasteiger partial charge in [-0.05, 0) is 65.7 Å². The summed E-state index contributed by atoms with van der Waals surface area (Å²) in [5.41, 5.74) is 14.7. The second kappa shape index (κ2) is 11.8. The summed E-state index contributed by atoms with van der Waals surface area (Å²) in [5.74, 6) is 0. The van der Waals surface area contributed by atoms with Crippen molar-refractivity contribution in [1.82, 2.24) is 9.13 Å². The van der Waals surface area contributed by atoms with Crippen molar-refractivity contribution < 1.29 is 8.83 Å². The average molecular weight is 741 g/mol. The Labute approximate surface area is 332 Å². The van der Waals surface area contributed by atoms with Gasteiger partial charge in [0, 0.05) is 60.3 Å². The van der Waals surface area contributed by atoms with Crippen molar-refractivity contribution in [2.45, 2.75) is 0 Å². The van der Waals surface area contributed by atoms with Crippen LogP contribution in [0.3, 0.4) is 0 Å². The molecule has 4 heteroatoms. The first kappa shape index (κ1) is 31.4. The zero-order chi connectivity index (χ0) is 37.9. The van der Waals surface area contributed by atoms with Gasteiger partial charge in [0.25, 0.3) is 0 Å². The highest BCUT2D eigenvalue weighted by Gasteiger charge is 2.22. The maximum absolute atomic E-state index is 6.76. The normalized spacial score (nSPS) is 12.1. The lowest BCUT2D eigenvalue weighted by molar-refractivity contribution is 0.656. The molecule has 4 nitrogen and oxygen atoms in total. The van der Waals surface area contributed by atoms with Crippen LogP contribution in [0.15, 0.2) is 203 Å². The number of fused-ring (bicyclic) bond motifs is 12. The minimum Gasteiger partial charge on any atom is -0.456 e. The van der Waals surface area contributed by atoms with E-state index in [4.69, 9.17) is 8.83 Å². The van der Waals surface area contributed by atoms with E-state index in [1.165, 1.54) is 43.6 Å². The zero-order valence-electron chi connectivity index (χ0n) is 31.2. The van der Waals surface area contributed by atoms with Crippen LogP contribution in [0.1, 0.15) is 0 Å². The fraction of sp³-hybridized carbons (Fsp3) is 0. The molecule has 13 rings (SSSR count). The number of nitrogens with zero attached hydrogens (tertiary/aromatic N) is 2. The van der Waals surface area contributed by atoms with E-state index in [1.54, 1.807) is 0 Å². The first-order valence-corrected chi connectivity index (χ1v) is 19.8. The number of aromatic nitrogens is 2. The van der Waals surface area contributed by atoms with Crippen molar-refractivity contribution in [2.75, 3.05) is 0 Å². The molecule has 0 fully saturated rings. The van der Waals surface area contributed by atoms with Crippen molar-refractivity contribution in [3.05, 3.63) is 194 Å². The minimum atomic E-state index is 0.797. The summed E-state index contributed by atoms with van der Waals surface area (Å²) in [6.07, 6.45) is 0. The fourth-order valence-corrected chi connectivity index (χ4v) is 9.55. The molecule has 4 heterocycles. The van der Waals surface area contributed by atoms with Crippen LogP contribution in [0, 0.1) is 0 Å². The van der Waals surface area contributed by atoms with Crippen LogP contribution in [0.4, 0.5) is 0 Å². The Balaban J connectivity index is 1.11. The van der Waals surface area contributed by atoms with E-state index in [0.717, 1.165) is 77.5 Å². The molecule has 58 heavy (non-hydrogen) atoms. The van der Waals surface area contributed by atoms with Gasteiger partial charge in [-0.1, -0.05) is 133 Å². The Kier molecular flexibility index (Phi) is 6.41. The Morgan fingerprint density at radius 2 is 0.569 bits per heavy atom. The molecule has 0 aliphatic carbocycles. The molecular weight excluding hydrogens is 709 g/mol. The van der Waals surface area contributed by atoms with Gasteiger partial charge < -0.3 is 18.0 Å². The Morgan fingerprint density at radius 1 is 0.259 bits per heavy atom. The summed E-state index contributed by atoms with van der Waals surface area (Å²) in [6.45, 7) is 0. The quantitative estimate of drug-likeness (QED) is 0.180. The zero-order valence-corrected chi connectivity index (χ0v) is 31.2. The Hall–Kier alpha value is -7.82. The van der Waals surface area contributed by atoms with Gasteiger partial charge in [0.15, 0.2) is 0 Å². The van der Waals surface area contributed by atoms with Crippen LogP contribution in [0.2, 0.25) is 0 Å². The first-order chi connectivity index (χ1) is 28.8. The molecule has 0 saturated heterocycles. The van der Waals surface area contributed by atoms with Gasteiger partial charge in [0.05, 0.1) is 33.4 Å². The van der Waals surface area contributed by atoms with Crippen LogP contribution >= 0.6 is 0 Å². The lowest BCUT2D eigenvalue weighted by Gasteiger charge is -2.15. The molecule has 0 aliphatic heterocycles. The van der Waals surface area contributed by atoms with Crippen molar-refractivity contribution in [2.24, 2.45) is 0 Å². The lowest BCUT2D eigenvalue weighted by Crippen LogP contribution is -1.97. The first-order valence-electron chi connectivity index (χ1n) is 19.8. The van der Waals surface area contributed by atoms with Crippen LogP contribution in [0.25, 0.3) is 121 Å². The van der Waals surface area contributed by atoms with Gasteiger partial charge in [0.2, 0.25) is 0 Å². The molecule has 4 aromatic heterocycles. The van der Waals surface area contributed by atoms with Crippen molar-refractivity contribution in [3.63, 3.8) is 0 Å². The predicted molar refractivity (Wildman–Crippen MR) is 241 cm³/mol. The number of furan rings is 2. The van der Waals surface area contributed by atoms with Gasteiger partial charge >= 0.3 is 0 Å². The number of hydrogen-bond acceptors (Lipinski definition) is 2. The molecule has 13 aromatic rings. The minimum absolute atomic E-state index is 0.797. The molecule has 0 N–H and O–H groups in total. The molecule has 270 valence electrons. The molecule has 0 bridgehead atoms. The van der Waals surface area contributed by atoms with Crippen LogP contribution in [0.5, 0.6) is 0 Å². The predicted octanol–water partition coefficient (Wildman–Crippen LogP) is 15.0. The van der Waals surface area contributed by atoms with E-state index in [0.29, 0.717) is 0 Å². The van der Waals surface area contributed by atoms with E-state index in [-0.39, 0.29) is 0 Å². The molecule has 9 aromatic carbocycles. The van der Waals surface area contributed by atoms with E-state index < -0.39 is 0 Å². The van der Waals surface area contributed by atoms with Gasteiger partial charge in [-0.25, -0.2) is 0 Å². The topological polar surface area (TPSA) is 36.1 Å². The van der Waals surface area contributed by atoms with Crippen molar-refractivity contribution >= 4 is 87.5 Å². The van der Waals surface area contributed by atoms with Crippen LogP contribution in [-0.4, -0.2) is 9.13 Å². The third-order valence-corrected chi connectivity index (χ3v) is 12.1. The molecule has 0 amide bonds. The molecule has 0 radical (unpaired) electrons. The SMILES string of the molecule is c1ccc(-c2cc3oc4cc5oc6cc(-c7ccccc7)c(-n7c8ccccc8c8ccccc87)cc6c5cc4c3cc2-n2c3ccccc3c3ccccc32)cc1. The highest BCUT2D eigenvalue weighted by molar-refractivity contribution is 6.18. The number of rotatable bonds is 4. The van der Waals surface area contributed by atoms with Crippen LogP contribution < -0.4 is 0 Å². The number of benzene rings is 9. The average Bonchev–Trinajstić information content (AvgIpc) is 4.02. The largest absolute Gasteiger partial charge is 0.456 e. The lowest BCUT2D eigenvalue weighted by atomic mass is 9.99. The van der Waals surface area contributed by atoms with Gasteiger partial charge in [-0.15, -0.1) is 0 Å². The number of hydrogen-bond donors (Lipinski definition) is 0. The monoisotopic (exact) mass is 740 g/mol. The van der Waals surface area contributed by atoms with E-state index in [2.05, 4.69) is 203 Å². The highest BCUT2D eigenvalue weighted by atomic mass is 16.3. The summed E-state index contributed by atoms with van der Waals surface area (Å²) in [6, 6.07) is 69.5. The second-order valence-electron chi connectivity index (χ2n) is 15.3. The molecule has 0 saturated carbocycles. The molecule has 0 atom stereocenters.